The van der Waals surface area contributed by atoms with Gasteiger partial charge in [0.25, 0.3) is 5.91 Å². The number of hydrogen-bond donors (Lipinski definition) is 0. The van der Waals surface area contributed by atoms with Crippen LogP contribution in [0.15, 0.2) is 82.0 Å². The number of para-hydroxylation sites is 1. The zero-order valence-corrected chi connectivity index (χ0v) is 13.5. The number of pyridine rings is 1. The summed E-state index contributed by atoms with van der Waals surface area (Å²) in [5, 5.41) is 0.904. The molecule has 0 unspecified atom stereocenters. The summed E-state index contributed by atoms with van der Waals surface area (Å²) in [4.78, 5) is 19.0. The van der Waals surface area contributed by atoms with E-state index in [1.807, 2.05) is 48.5 Å². The van der Waals surface area contributed by atoms with Gasteiger partial charge >= 0.3 is 0 Å². The molecule has 0 saturated heterocycles. The van der Waals surface area contributed by atoms with Crippen LogP contribution < -0.4 is 0 Å². The number of benzene rings is 1. The molecule has 3 heterocycles. The van der Waals surface area contributed by atoms with E-state index >= 15 is 0 Å². The Balaban J connectivity index is 1.64. The molecule has 3 aromatic heterocycles. The third-order valence-corrected chi connectivity index (χ3v) is 3.93. The summed E-state index contributed by atoms with van der Waals surface area (Å²) in [6.07, 6.45) is 3.31. The van der Waals surface area contributed by atoms with Crippen LogP contribution in [0.25, 0.3) is 11.0 Å². The second-order valence-electron chi connectivity index (χ2n) is 5.71. The predicted molar refractivity (Wildman–Crippen MR) is 92.7 cm³/mol. The van der Waals surface area contributed by atoms with Gasteiger partial charge in [0.05, 0.1) is 25.0 Å². The Labute approximate surface area is 144 Å². The van der Waals surface area contributed by atoms with Crippen molar-refractivity contribution in [3.63, 3.8) is 0 Å². The zero-order chi connectivity index (χ0) is 17.1. The fourth-order valence-corrected chi connectivity index (χ4v) is 2.72. The highest BCUT2D eigenvalue weighted by molar-refractivity contribution is 5.96. The Hall–Kier alpha value is -3.34. The molecule has 0 bridgehead atoms. The van der Waals surface area contributed by atoms with E-state index in [1.54, 1.807) is 29.5 Å². The molecular formula is C20H16N2O3. The Kier molecular flexibility index (Phi) is 4.04. The molecule has 0 saturated carbocycles. The van der Waals surface area contributed by atoms with Gasteiger partial charge in [-0.1, -0.05) is 24.3 Å². The minimum absolute atomic E-state index is 0.196. The minimum Gasteiger partial charge on any atom is -0.467 e. The summed E-state index contributed by atoms with van der Waals surface area (Å²) in [6, 6.07) is 18.6. The molecule has 1 amide bonds. The van der Waals surface area contributed by atoms with Crippen molar-refractivity contribution < 1.29 is 13.6 Å². The van der Waals surface area contributed by atoms with Gasteiger partial charge in [0, 0.05) is 11.6 Å². The first kappa shape index (κ1) is 15.2. The van der Waals surface area contributed by atoms with E-state index < -0.39 is 0 Å². The van der Waals surface area contributed by atoms with Gasteiger partial charge < -0.3 is 13.7 Å². The van der Waals surface area contributed by atoms with Crippen molar-refractivity contribution in [2.45, 2.75) is 13.1 Å². The second-order valence-corrected chi connectivity index (χ2v) is 5.71. The maximum atomic E-state index is 13.0. The van der Waals surface area contributed by atoms with Crippen LogP contribution in [0.2, 0.25) is 0 Å². The largest absolute Gasteiger partial charge is 0.467 e. The van der Waals surface area contributed by atoms with Crippen LogP contribution >= 0.6 is 0 Å². The lowest BCUT2D eigenvalue weighted by molar-refractivity contribution is 0.0685. The van der Waals surface area contributed by atoms with Gasteiger partial charge in [-0.3, -0.25) is 9.78 Å². The molecule has 0 radical (unpaired) electrons. The lowest BCUT2D eigenvalue weighted by Crippen LogP contribution is -2.30. The van der Waals surface area contributed by atoms with Crippen molar-refractivity contribution in [3.8, 4) is 0 Å². The summed E-state index contributed by atoms with van der Waals surface area (Å²) < 4.78 is 11.1. The summed E-state index contributed by atoms with van der Waals surface area (Å²) in [5.74, 6) is 0.822. The van der Waals surface area contributed by atoms with Gasteiger partial charge in [-0.2, -0.15) is 0 Å². The maximum absolute atomic E-state index is 13.0. The number of carbonyl (C=O) groups is 1. The number of hydrogen-bond acceptors (Lipinski definition) is 4. The van der Waals surface area contributed by atoms with Crippen molar-refractivity contribution in [2.75, 3.05) is 0 Å². The highest BCUT2D eigenvalue weighted by Crippen LogP contribution is 2.21. The molecule has 0 N–H and O–H groups in total. The smallest absolute Gasteiger partial charge is 0.290 e. The first-order chi connectivity index (χ1) is 12.3. The minimum atomic E-state index is -0.196. The molecule has 5 nitrogen and oxygen atoms in total. The lowest BCUT2D eigenvalue weighted by Gasteiger charge is -2.20. The van der Waals surface area contributed by atoms with Crippen LogP contribution in [0.5, 0.6) is 0 Å². The topological polar surface area (TPSA) is 59.5 Å². The number of carbonyl (C=O) groups excluding carboxylic acids is 1. The molecule has 0 atom stereocenters. The standard InChI is InChI=1S/C20H16N2O3/c23-20(19-12-15-6-1-2-9-18(15)25-19)22(14-17-8-5-11-24-17)13-16-7-3-4-10-21-16/h1-12H,13-14H2. The fraction of sp³-hybridized carbons (Fsp3) is 0.100. The van der Waals surface area contributed by atoms with Crippen LogP contribution in [0.4, 0.5) is 0 Å². The summed E-state index contributed by atoms with van der Waals surface area (Å²) in [5.41, 5.74) is 1.50. The third kappa shape index (κ3) is 3.30. The quantitative estimate of drug-likeness (QED) is 0.548. The van der Waals surface area contributed by atoms with Crippen LogP contribution in [0.3, 0.4) is 0 Å². The molecule has 4 rings (SSSR count). The number of furan rings is 2. The number of fused-ring (bicyclic) bond motifs is 1. The molecule has 0 aliphatic rings. The predicted octanol–water partition coefficient (Wildman–Crippen LogP) is 4.26. The molecule has 25 heavy (non-hydrogen) atoms. The van der Waals surface area contributed by atoms with Crippen molar-refractivity contribution in [2.24, 2.45) is 0 Å². The fourth-order valence-electron chi connectivity index (χ4n) is 2.72. The molecule has 124 valence electrons. The molecular weight excluding hydrogens is 316 g/mol. The Morgan fingerprint density at radius 3 is 2.64 bits per heavy atom. The summed E-state index contributed by atoms with van der Waals surface area (Å²) in [6.45, 7) is 0.719. The highest BCUT2D eigenvalue weighted by Gasteiger charge is 2.21. The molecule has 5 heteroatoms. The van der Waals surface area contributed by atoms with E-state index in [0.29, 0.717) is 30.2 Å². The number of amides is 1. The van der Waals surface area contributed by atoms with Gasteiger partial charge in [0.15, 0.2) is 5.76 Å². The Morgan fingerprint density at radius 1 is 1.00 bits per heavy atom. The van der Waals surface area contributed by atoms with Crippen LogP contribution in [0.1, 0.15) is 22.0 Å². The van der Waals surface area contributed by atoms with Gasteiger partial charge in [0.2, 0.25) is 0 Å². The number of rotatable bonds is 5. The van der Waals surface area contributed by atoms with E-state index in [0.717, 1.165) is 11.1 Å². The van der Waals surface area contributed by atoms with Gasteiger partial charge in [-0.25, -0.2) is 0 Å². The van der Waals surface area contributed by atoms with Crippen LogP contribution in [0, 0.1) is 0 Å². The molecule has 0 aliphatic heterocycles. The summed E-state index contributed by atoms with van der Waals surface area (Å²) >= 11 is 0. The monoisotopic (exact) mass is 332 g/mol. The molecule has 0 fully saturated rings. The Morgan fingerprint density at radius 2 is 1.88 bits per heavy atom. The number of aromatic nitrogens is 1. The normalized spacial score (nSPS) is 10.9. The van der Waals surface area contributed by atoms with Crippen molar-refractivity contribution >= 4 is 16.9 Å². The van der Waals surface area contributed by atoms with Gasteiger partial charge in [0.1, 0.15) is 11.3 Å². The van der Waals surface area contributed by atoms with Crippen molar-refractivity contribution in [3.05, 3.63) is 90.3 Å². The molecule has 0 aliphatic carbocycles. The average Bonchev–Trinajstić information content (AvgIpc) is 3.30. The van der Waals surface area contributed by atoms with Gasteiger partial charge in [-0.05, 0) is 36.4 Å². The number of nitrogens with zero attached hydrogens (tertiary/aromatic N) is 2. The van der Waals surface area contributed by atoms with Crippen molar-refractivity contribution in [1.29, 1.82) is 0 Å². The van der Waals surface area contributed by atoms with E-state index in [2.05, 4.69) is 4.98 Å². The Bertz CT molecular complexity index is 942. The second kappa shape index (κ2) is 6.65. The average molecular weight is 332 g/mol. The first-order valence-corrected chi connectivity index (χ1v) is 8.00. The van der Waals surface area contributed by atoms with E-state index in [-0.39, 0.29) is 5.91 Å². The first-order valence-electron chi connectivity index (χ1n) is 8.00. The van der Waals surface area contributed by atoms with Crippen LogP contribution in [-0.2, 0) is 13.1 Å². The molecule has 4 aromatic rings. The third-order valence-electron chi connectivity index (χ3n) is 3.93. The van der Waals surface area contributed by atoms with E-state index in [1.165, 1.54) is 0 Å². The van der Waals surface area contributed by atoms with Crippen molar-refractivity contribution in [1.82, 2.24) is 9.88 Å². The maximum Gasteiger partial charge on any atom is 0.290 e. The molecule has 0 spiro atoms. The van der Waals surface area contributed by atoms with E-state index in [4.69, 9.17) is 8.83 Å². The van der Waals surface area contributed by atoms with Crippen LogP contribution in [-0.4, -0.2) is 15.8 Å². The summed E-state index contributed by atoms with van der Waals surface area (Å²) in [7, 11) is 0. The lowest BCUT2D eigenvalue weighted by atomic mass is 10.2. The SMILES string of the molecule is O=C(c1cc2ccccc2o1)N(Cc1ccccn1)Cc1ccco1. The molecule has 1 aromatic carbocycles. The van der Waals surface area contributed by atoms with E-state index in [9.17, 15) is 4.79 Å². The zero-order valence-electron chi connectivity index (χ0n) is 13.5. The highest BCUT2D eigenvalue weighted by atomic mass is 16.3. The van der Waals surface area contributed by atoms with Gasteiger partial charge in [-0.15, -0.1) is 0 Å².